The molecule has 0 aromatic heterocycles. The fraction of sp³-hybridized carbons (Fsp3) is 0.778. The van der Waals surface area contributed by atoms with Crippen LogP contribution in [0.1, 0.15) is 115 Å². The van der Waals surface area contributed by atoms with Gasteiger partial charge in [-0.3, -0.25) is 4.79 Å². The molecule has 4 atom stereocenters. The van der Waals surface area contributed by atoms with E-state index in [4.69, 9.17) is 9.47 Å². The Bertz CT molecular complexity index is 1210. The van der Waals surface area contributed by atoms with E-state index in [-0.39, 0.29) is 23.7 Å². The van der Waals surface area contributed by atoms with Gasteiger partial charge in [-0.1, -0.05) is 53.5 Å². The van der Waals surface area contributed by atoms with Gasteiger partial charge in [-0.2, -0.15) is 12.6 Å². The summed E-state index contributed by atoms with van der Waals surface area (Å²) in [7, 11) is 3.95. The Labute approximate surface area is 286 Å². The molecule has 1 heterocycles. The van der Waals surface area contributed by atoms with Gasteiger partial charge in [0.25, 0.3) is 11.7 Å². The number of ketones is 1. The highest BCUT2D eigenvalue weighted by atomic mass is 32.1. The van der Waals surface area contributed by atoms with E-state index in [2.05, 4.69) is 67.2 Å². The van der Waals surface area contributed by atoms with Crippen molar-refractivity contribution in [1.29, 1.82) is 0 Å². The zero-order chi connectivity index (χ0) is 35.2. The highest BCUT2D eigenvalue weighted by Gasteiger charge is 2.54. The smallest absolute Gasteiger partial charge is 0.410 e. The lowest BCUT2D eigenvalue weighted by Gasteiger charge is -2.48. The van der Waals surface area contributed by atoms with E-state index in [1.165, 1.54) is 24.0 Å². The van der Waals surface area contributed by atoms with Gasteiger partial charge in [0.05, 0.1) is 13.2 Å². The minimum absolute atomic E-state index is 0.0805. The van der Waals surface area contributed by atoms with Crippen molar-refractivity contribution < 1.29 is 36.6 Å². The molecule has 1 saturated heterocycles. The molecule has 1 aliphatic heterocycles. The SMILES string of the molecule is CCC(C)(C)CC.Cc1cc2c(cc1OC(=O)N1CCOCC1)CCC1C2CCC2(C)C(=O)CCC12.[B]C(F)(F)C(F)(F)CCCS. The number of carbonyl (C=O) groups excluding carboxylic acids is 2. The van der Waals surface area contributed by atoms with E-state index >= 15 is 0 Å². The van der Waals surface area contributed by atoms with Crippen molar-refractivity contribution >= 4 is 32.4 Å². The molecule has 0 N–H and O–H groups in total. The highest BCUT2D eigenvalue weighted by molar-refractivity contribution is 7.80. The highest BCUT2D eigenvalue weighted by Crippen LogP contribution is 2.59. The van der Waals surface area contributed by atoms with Crippen LogP contribution in [0.2, 0.25) is 0 Å². The van der Waals surface area contributed by atoms with Crippen LogP contribution in [0.15, 0.2) is 12.1 Å². The largest absolute Gasteiger partial charge is 0.415 e. The molecule has 3 aliphatic carbocycles. The molecule has 0 spiro atoms. The average Bonchev–Trinajstić information content (AvgIpc) is 3.34. The van der Waals surface area contributed by atoms with Crippen LogP contribution in [-0.2, 0) is 16.0 Å². The first kappa shape index (κ1) is 39.7. The first-order chi connectivity index (χ1) is 21.9. The van der Waals surface area contributed by atoms with E-state index in [9.17, 15) is 27.2 Å². The quantitative estimate of drug-likeness (QED) is 0.177. The molecule has 5 nitrogen and oxygen atoms in total. The molecule has 3 fully saturated rings. The van der Waals surface area contributed by atoms with Crippen LogP contribution < -0.4 is 4.74 Å². The molecular weight excluding hydrogens is 629 g/mol. The lowest BCUT2D eigenvalue weighted by molar-refractivity contribution is -0.161. The molecule has 1 aromatic rings. The van der Waals surface area contributed by atoms with Crippen molar-refractivity contribution in [1.82, 2.24) is 4.90 Å². The van der Waals surface area contributed by atoms with Crippen molar-refractivity contribution in [2.75, 3.05) is 32.1 Å². The Balaban J connectivity index is 0.000000277. The van der Waals surface area contributed by atoms with Crippen molar-refractivity contribution in [3.05, 3.63) is 28.8 Å². The van der Waals surface area contributed by atoms with Gasteiger partial charge in [-0.05, 0) is 97.1 Å². The number of Topliss-reactive ketones (excluding diaryl/α,β-unsaturated/α-hetero) is 1. The summed E-state index contributed by atoms with van der Waals surface area (Å²) in [4.78, 5) is 26.8. The Morgan fingerprint density at radius 2 is 1.72 bits per heavy atom. The maximum atomic E-state index is 12.5. The van der Waals surface area contributed by atoms with Crippen molar-refractivity contribution in [3.63, 3.8) is 0 Å². The van der Waals surface area contributed by atoms with Gasteiger partial charge in [0.15, 0.2) is 7.85 Å². The molecule has 2 saturated carbocycles. The maximum Gasteiger partial charge on any atom is 0.415 e. The fourth-order valence-electron chi connectivity index (χ4n) is 7.22. The first-order valence-electron chi connectivity index (χ1n) is 17.3. The molecule has 11 heteroatoms. The summed E-state index contributed by atoms with van der Waals surface area (Å²) in [6.07, 6.45) is 7.42. The van der Waals surface area contributed by atoms with Gasteiger partial charge in [0.2, 0.25) is 0 Å². The standard InChI is InChI=1S/C24H31NO4.C7H16.C5H7BF4S/c1-15-13-19-16(14-21(15)29-23(27)25-9-11-28-12-10-25)3-4-18-17(19)7-8-24(2)20(18)5-6-22(24)26;1-5-7(3,4)6-2;6-5(9,10)4(7,8)2-1-3-11/h13-14,17-18,20H,3-12H2,1-2H3;5-6H2,1-4H3;11H,1-3H2. The zero-order valence-corrected chi connectivity index (χ0v) is 30.0. The number of amides is 1. The summed E-state index contributed by atoms with van der Waals surface area (Å²) in [6.45, 7) is 15.7. The van der Waals surface area contributed by atoms with Crippen molar-refractivity contribution in [2.45, 2.75) is 123 Å². The van der Waals surface area contributed by atoms with E-state index in [1.807, 2.05) is 6.92 Å². The van der Waals surface area contributed by atoms with Crippen LogP contribution >= 0.6 is 12.6 Å². The van der Waals surface area contributed by atoms with Crippen LogP contribution in [0.4, 0.5) is 22.4 Å². The minimum atomic E-state index is -4.42. The summed E-state index contributed by atoms with van der Waals surface area (Å²) in [5.74, 6) is -5.50. The van der Waals surface area contributed by atoms with Gasteiger partial charge >= 0.3 is 6.09 Å². The number of nitrogens with zero attached hydrogens (tertiary/aromatic N) is 1. The zero-order valence-electron chi connectivity index (χ0n) is 29.1. The first-order valence-corrected chi connectivity index (χ1v) is 17.9. The second-order valence-electron chi connectivity index (χ2n) is 14.6. The summed E-state index contributed by atoms with van der Waals surface area (Å²) >= 11 is 3.61. The Morgan fingerprint density at radius 3 is 2.28 bits per heavy atom. The number of benzene rings is 1. The molecule has 47 heavy (non-hydrogen) atoms. The molecule has 4 unspecified atom stereocenters. The third-order valence-corrected chi connectivity index (χ3v) is 11.6. The topological polar surface area (TPSA) is 55.8 Å². The number of carbonyl (C=O) groups is 2. The van der Waals surface area contributed by atoms with Gasteiger partial charge < -0.3 is 14.4 Å². The monoisotopic (exact) mass is 683 g/mol. The number of aryl methyl sites for hydroxylation is 2. The van der Waals surface area contributed by atoms with Crippen LogP contribution in [0.5, 0.6) is 5.75 Å². The number of ether oxygens (including phenoxy) is 2. The van der Waals surface area contributed by atoms with E-state index in [0.29, 0.717) is 61.0 Å². The van der Waals surface area contributed by atoms with E-state index < -0.39 is 18.2 Å². The number of alkyl halides is 4. The number of rotatable bonds is 7. The van der Waals surface area contributed by atoms with E-state index in [0.717, 1.165) is 44.1 Å². The van der Waals surface area contributed by atoms with Gasteiger partial charge in [0, 0.05) is 31.3 Å². The number of morpholine rings is 1. The number of halogens is 4. The molecule has 2 radical (unpaired) electrons. The Kier molecular flexibility index (Phi) is 13.8. The predicted molar refractivity (Wildman–Crippen MR) is 182 cm³/mol. The normalized spacial score (nSPS) is 25.7. The number of hydrogen-bond donors (Lipinski definition) is 1. The second kappa shape index (κ2) is 16.3. The van der Waals surface area contributed by atoms with Crippen LogP contribution in [0, 0.1) is 29.6 Å². The molecule has 0 bridgehead atoms. The number of thiol groups is 1. The molecule has 264 valence electrons. The van der Waals surface area contributed by atoms with E-state index in [1.54, 1.807) is 4.90 Å². The average molecular weight is 684 g/mol. The Morgan fingerprint density at radius 1 is 1.09 bits per heavy atom. The third kappa shape index (κ3) is 9.70. The molecule has 5 rings (SSSR count). The third-order valence-electron chi connectivity index (χ3n) is 11.2. The predicted octanol–water partition coefficient (Wildman–Crippen LogP) is 9.18. The fourth-order valence-corrected chi connectivity index (χ4v) is 7.37. The molecule has 4 aliphatic rings. The summed E-state index contributed by atoms with van der Waals surface area (Å²) in [5.41, 5.74) is 4.30. The van der Waals surface area contributed by atoms with Crippen molar-refractivity contribution in [2.24, 2.45) is 22.7 Å². The van der Waals surface area contributed by atoms with Gasteiger partial charge in [0.1, 0.15) is 11.5 Å². The number of hydrogen-bond acceptors (Lipinski definition) is 5. The van der Waals surface area contributed by atoms with Gasteiger partial charge in [-0.15, -0.1) is 0 Å². The lowest BCUT2D eigenvalue weighted by Crippen LogP contribution is -2.43. The van der Waals surface area contributed by atoms with Crippen LogP contribution in [-0.4, -0.2) is 68.4 Å². The molecule has 1 aromatic carbocycles. The second-order valence-corrected chi connectivity index (χ2v) is 15.1. The number of fused-ring (bicyclic) bond motifs is 5. The van der Waals surface area contributed by atoms with Crippen LogP contribution in [0.25, 0.3) is 0 Å². The van der Waals surface area contributed by atoms with Gasteiger partial charge in [-0.25, -0.2) is 22.4 Å². The van der Waals surface area contributed by atoms with Crippen LogP contribution in [0.3, 0.4) is 0 Å². The molecule has 1 amide bonds. The Hall–Kier alpha value is -1.75. The summed E-state index contributed by atoms with van der Waals surface area (Å²) in [6, 6.07) is 4.36. The lowest BCUT2D eigenvalue weighted by atomic mass is 9.55. The minimum Gasteiger partial charge on any atom is -0.410 e. The summed E-state index contributed by atoms with van der Waals surface area (Å²) < 4.78 is 59.2. The maximum absolute atomic E-state index is 12.5. The van der Waals surface area contributed by atoms with Crippen molar-refractivity contribution in [3.8, 4) is 5.75 Å². The molecular formula is C36H54BF4NO4S. The summed E-state index contributed by atoms with van der Waals surface area (Å²) in [5, 5.41) is 0.